The Bertz CT molecular complexity index is 202. The van der Waals surface area contributed by atoms with Crippen molar-refractivity contribution in [3.05, 3.63) is 12.4 Å². The molecule has 0 aromatic rings. The van der Waals surface area contributed by atoms with E-state index in [1.54, 1.807) is 4.90 Å². The highest BCUT2D eigenvalue weighted by atomic mass is 19.3. The van der Waals surface area contributed by atoms with Crippen molar-refractivity contribution < 1.29 is 8.78 Å². The van der Waals surface area contributed by atoms with Crippen LogP contribution in [-0.4, -0.2) is 30.0 Å². The van der Waals surface area contributed by atoms with E-state index in [9.17, 15) is 8.78 Å². The van der Waals surface area contributed by atoms with Crippen molar-refractivity contribution in [2.24, 2.45) is 0 Å². The molecule has 0 atom stereocenters. The second-order valence-corrected chi connectivity index (χ2v) is 3.77. The van der Waals surface area contributed by atoms with E-state index in [2.05, 4.69) is 11.9 Å². The van der Waals surface area contributed by atoms with Crippen LogP contribution < -0.4 is 5.32 Å². The van der Waals surface area contributed by atoms with E-state index in [4.69, 9.17) is 0 Å². The molecule has 13 heavy (non-hydrogen) atoms. The topological polar surface area (TPSA) is 15.3 Å². The molecule has 0 saturated carbocycles. The molecule has 0 radical (unpaired) electrons. The molecular formula is C9H16F2N2. The van der Waals surface area contributed by atoms with Crippen molar-refractivity contribution in [3.8, 4) is 0 Å². The van der Waals surface area contributed by atoms with Crippen molar-refractivity contribution in [2.75, 3.05) is 13.1 Å². The average Bonchev–Trinajstić information content (AvgIpc) is 2.28. The molecule has 0 amide bonds. The first-order chi connectivity index (χ1) is 5.91. The van der Waals surface area contributed by atoms with E-state index in [0.29, 0.717) is 12.4 Å². The first-order valence-corrected chi connectivity index (χ1v) is 4.49. The van der Waals surface area contributed by atoms with Crippen molar-refractivity contribution in [3.63, 3.8) is 0 Å². The Labute approximate surface area is 77.6 Å². The van der Waals surface area contributed by atoms with Gasteiger partial charge < -0.3 is 10.2 Å². The van der Waals surface area contributed by atoms with Crippen molar-refractivity contribution in [1.29, 1.82) is 0 Å². The van der Waals surface area contributed by atoms with Gasteiger partial charge in [-0.2, -0.15) is 0 Å². The number of nitrogens with one attached hydrogen (secondary N) is 1. The number of hydrogen-bond acceptors (Lipinski definition) is 2. The molecule has 1 fully saturated rings. The van der Waals surface area contributed by atoms with Crippen molar-refractivity contribution in [2.45, 2.75) is 32.2 Å². The Morgan fingerprint density at radius 3 is 2.54 bits per heavy atom. The van der Waals surface area contributed by atoms with Gasteiger partial charge in [0.2, 0.25) is 0 Å². The van der Waals surface area contributed by atoms with Gasteiger partial charge in [-0.15, -0.1) is 0 Å². The van der Waals surface area contributed by atoms with Crippen LogP contribution >= 0.6 is 0 Å². The predicted molar refractivity (Wildman–Crippen MR) is 48.5 cm³/mol. The van der Waals surface area contributed by atoms with E-state index in [-0.39, 0.29) is 19.0 Å². The van der Waals surface area contributed by atoms with E-state index >= 15 is 0 Å². The average molecular weight is 190 g/mol. The highest BCUT2D eigenvalue weighted by Gasteiger charge is 2.38. The Balaban J connectivity index is 2.42. The summed E-state index contributed by atoms with van der Waals surface area (Å²) in [6, 6.07) is 0.238. The fraction of sp³-hybridized carbons (Fsp3) is 0.778. The van der Waals surface area contributed by atoms with Gasteiger partial charge in [-0.3, -0.25) is 0 Å². The maximum Gasteiger partial charge on any atom is 0.266 e. The van der Waals surface area contributed by atoms with Gasteiger partial charge in [0.15, 0.2) is 0 Å². The minimum atomic E-state index is -2.54. The molecule has 4 heteroatoms. The quantitative estimate of drug-likeness (QED) is 0.730. The molecule has 1 aliphatic rings. The lowest BCUT2D eigenvalue weighted by Crippen LogP contribution is -2.34. The van der Waals surface area contributed by atoms with E-state index in [1.165, 1.54) is 0 Å². The second-order valence-electron chi connectivity index (χ2n) is 3.77. The van der Waals surface area contributed by atoms with Crippen LogP contribution in [0.4, 0.5) is 8.78 Å². The number of likely N-dealkylation sites (tertiary alicyclic amines) is 1. The lowest BCUT2D eigenvalue weighted by Gasteiger charge is -2.23. The third-order valence-corrected chi connectivity index (χ3v) is 2.01. The van der Waals surface area contributed by atoms with Gasteiger partial charge in [0.05, 0.1) is 12.4 Å². The van der Waals surface area contributed by atoms with Gasteiger partial charge >= 0.3 is 0 Å². The summed E-state index contributed by atoms with van der Waals surface area (Å²) in [6.07, 6.45) is -0.0637. The molecule has 0 bridgehead atoms. The van der Waals surface area contributed by atoms with Gasteiger partial charge in [0, 0.05) is 19.0 Å². The summed E-state index contributed by atoms with van der Waals surface area (Å²) >= 11 is 0. The molecule has 1 heterocycles. The minimum Gasteiger partial charge on any atom is -0.370 e. The molecule has 1 rings (SSSR count). The Morgan fingerprint density at radius 2 is 2.15 bits per heavy atom. The molecule has 0 aromatic heterocycles. The molecule has 0 aromatic carbocycles. The number of hydrogen-bond donors (Lipinski definition) is 1. The number of rotatable bonds is 3. The third kappa shape index (κ3) is 2.86. The summed E-state index contributed by atoms with van der Waals surface area (Å²) in [7, 11) is 0. The van der Waals surface area contributed by atoms with E-state index in [1.807, 2.05) is 13.8 Å². The zero-order valence-corrected chi connectivity index (χ0v) is 8.11. The molecule has 2 nitrogen and oxygen atoms in total. The monoisotopic (exact) mass is 190 g/mol. The van der Waals surface area contributed by atoms with Gasteiger partial charge in [-0.05, 0) is 13.8 Å². The van der Waals surface area contributed by atoms with Crippen LogP contribution in [0.25, 0.3) is 0 Å². The van der Waals surface area contributed by atoms with E-state index in [0.717, 1.165) is 0 Å². The Hall–Kier alpha value is -0.800. The minimum absolute atomic E-state index is 0.0637. The molecule has 0 unspecified atom stereocenters. The fourth-order valence-corrected chi connectivity index (χ4v) is 1.39. The zero-order valence-electron chi connectivity index (χ0n) is 8.11. The summed E-state index contributed by atoms with van der Waals surface area (Å²) in [5.41, 5.74) is 0. The fourth-order valence-electron chi connectivity index (χ4n) is 1.39. The highest BCUT2D eigenvalue weighted by molar-refractivity contribution is 4.98. The van der Waals surface area contributed by atoms with Crippen LogP contribution in [0.2, 0.25) is 0 Å². The van der Waals surface area contributed by atoms with Crippen LogP contribution in [-0.2, 0) is 0 Å². The summed E-state index contributed by atoms with van der Waals surface area (Å²) in [5, 5.41) is 3.02. The van der Waals surface area contributed by atoms with Gasteiger partial charge in [0.25, 0.3) is 5.92 Å². The lowest BCUT2D eigenvalue weighted by atomic mass is 10.3. The normalized spacial score (nSPS) is 20.8. The second kappa shape index (κ2) is 3.52. The first-order valence-electron chi connectivity index (χ1n) is 4.49. The van der Waals surface area contributed by atoms with Gasteiger partial charge in [0.1, 0.15) is 0 Å². The zero-order chi connectivity index (χ0) is 10.1. The lowest BCUT2D eigenvalue weighted by molar-refractivity contribution is 0.0145. The third-order valence-electron chi connectivity index (χ3n) is 2.01. The first kappa shape index (κ1) is 10.3. The predicted octanol–water partition coefficient (Wildman–Crippen LogP) is 1.80. The van der Waals surface area contributed by atoms with Crippen LogP contribution in [0.15, 0.2) is 12.4 Å². The summed E-state index contributed by atoms with van der Waals surface area (Å²) in [5.74, 6) is -1.94. The molecule has 0 aliphatic carbocycles. The van der Waals surface area contributed by atoms with Crippen molar-refractivity contribution in [1.82, 2.24) is 10.2 Å². The number of nitrogens with zero attached hydrogens (tertiary/aromatic N) is 1. The number of alkyl halides is 2. The molecule has 1 N–H and O–H groups in total. The summed E-state index contributed by atoms with van der Waals surface area (Å²) in [6.45, 7) is 7.83. The van der Waals surface area contributed by atoms with Crippen molar-refractivity contribution >= 4 is 0 Å². The largest absolute Gasteiger partial charge is 0.370 e. The molecule has 1 saturated heterocycles. The highest BCUT2D eigenvalue weighted by Crippen LogP contribution is 2.28. The molecule has 1 aliphatic heterocycles. The Kier molecular flexibility index (Phi) is 2.78. The molecular weight excluding hydrogens is 174 g/mol. The smallest absolute Gasteiger partial charge is 0.266 e. The van der Waals surface area contributed by atoms with Crippen LogP contribution in [0.1, 0.15) is 20.3 Å². The van der Waals surface area contributed by atoms with Gasteiger partial charge in [-0.25, -0.2) is 8.78 Å². The molecule has 0 spiro atoms. The van der Waals surface area contributed by atoms with Gasteiger partial charge in [-0.1, -0.05) is 6.58 Å². The number of halogens is 2. The standard InChI is InChI=1S/C9H16F2N2/c1-7(2)12-8(3)13-5-4-9(10,11)6-13/h7,12H,3-6H2,1-2H3. The van der Waals surface area contributed by atoms with Crippen LogP contribution in [0.5, 0.6) is 0 Å². The Morgan fingerprint density at radius 1 is 1.54 bits per heavy atom. The SMILES string of the molecule is C=C(NC(C)C)N1CCC(F)(F)C1. The van der Waals surface area contributed by atoms with Crippen LogP contribution in [0.3, 0.4) is 0 Å². The van der Waals surface area contributed by atoms with E-state index < -0.39 is 5.92 Å². The molecule has 76 valence electrons. The van der Waals surface area contributed by atoms with Crippen LogP contribution in [0, 0.1) is 0 Å². The maximum absolute atomic E-state index is 12.8. The maximum atomic E-state index is 12.8. The summed E-state index contributed by atoms with van der Waals surface area (Å²) in [4.78, 5) is 1.60. The summed E-state index contributed by atoms with van der Waals surface area (Å²) < 4.78 is 25.6.